The predicted molar refractivity (Wildman–Crippen MR) is 79.8 cm³/mol. The van der Waals surface area contributed by atoms with Gasteiger partial charge in [-0.15, -0.1) is 0 Å². The summed E-state index contributed by atoms with van der Waals surface area (Å²) in [7, 11) is 0. The molecule has 2 N–H and O–H groups in total. The van der Waals surface area contributed by atoms with Gasteiger partial charge in [0.2, 0.25) is 0 Å². The summed E-state index contributed by atoms with van der Waals surface area (Å²) in [4.78, 5) is 25.3. The number of aromatic nitrogens is 2. The molecule has 1 aliphatic rings. The van der Waals surface area contributed by atoms with Crippen LogP contribution >= 0.6 is 0 Å². The molecule has 0 radical (unpaired) electrons. The molecule has 6 nitrogen and oxygen atoms in total. The first-order chi connectivity index (χ1) is 10.6. The van der Waals surface area contributed by atoms with Gasteiger partial charge >= 0.3 is 5.97 Å². The average molecular weight is 299 g/mol. The first-order valence-electron chi connectivity index (χ1n) is 7.27. The van der Waals surface area contributed by atoms with Crippen molar-refractivity contribution in [2.75, 3.05) is 6.54 Å². The molecule has 114 valence electrons. The molecule has 1 aromatic heterocycles. The van der Waals surface area contributed by atoms with Crippen molar-refractivity contribution in [1.82, 2.24) is 15.1 Å². The molecule has 3 rings (SSSR count). The Bertz CT molecular complexity index is 736. The second-order valence-electron chi connectivity index (χ2n) is 5.40. The summed E-state index contributed by atoms with van der Waals surface area (Å²) in [5.74, 6) is -1.08. The number of hydrogen-bond acceptors (Lipinski definition) is 3. The van der Waals surface area contributed by atoms with Crippen LogP contribution in [0.25, 0.3) is 0 Å². The second-order valence-corrected chi connectivity index (χ2v) is 5.40. The zero-order valence-corrected chi connectivity index (χ0v) is 12.3. The fourth-order valence-electron chi connectivity index (χ4n) is 2.68. The van der Waals surface area contributed by atoms with Gasteiger partial charge in [0.15, 0.2) is 0 Å². The fourth-order valence-corrected chi connectivity index (χ4v) is 2.68. The number of carbonyl (C=O) groups is 2. The Labute approximate surface area is 127 Å². The molecular weight excluding hydrogens is 282 g/mol. The van der Waals surface area contributed by atoms with E-state index in [9.17, 15) is 9.59 Å². The van der Waals surface area contributed by atoms with Crippen LogP contribution in [0.3, 0.4) is 0 Å². The monoisotopic (exact) mass is 299 g/mol. The molecule has 22 heavy (non-hydrogen) atoms. The van der Waals surface area contributed by atoms with Gasteiger partial charge in [-0.25, -0.2) is 4.79 Å². The van der Waals surface area contributed by atoms with Gasteiger partial charge in [-0.3, -0.25) is 9.89 Å². The van der Waals surface area contributed by atoms with Crippen molar-refractivity contribution in [2.45, 2.75) is 26.3 Å². The average Bonchev–Trinajstić information content (AvgIpc) is 3.02. The van der Waals surface area contributed by atoms with E-state index in [1.165, 1.54) is 0 Å². The molecule has 2 aromatic rings. The highest BCUT2D eigenvalue weighted by molar-refractivity contribution is 5.92. The van der Waals surface area contributed by atoms with Gasteiger partial charge in [0.05, 0.1) is 5.56 Å². The zero-order chi connectivity index (χ0) is 15.7. The number of amides is 1. The molecular formula is C16H17N3O3. The number of aromatic carboxylic acids is 1. The third-order valence-corrected chi connectivity index (χ3v) is 3.98. The Hall–Kier alpha value is -2.63. The maximum absolute atomic E-state index is 12.5. The van der Waals surface area contributed by atoms with E-state index >= 15 is 0 Å². The van der Waals surface area contributed by atoms with E-state index in [4.69, 9.17) is 5.11 Å². The molecule has 0 fully saturated rings. The summed E-state index contributed by atoms with van der Waals surface area (Å²) in [5.41, 5.74) is 3.58. The summed E-state index contributed by atoms with van der Waals surface area (Å²) in [6, 6.07) is 6.87. The number of nitrogens with zero attached hydrogens (tertiary/aromatic N) is 2. The Morgan fingerprint density at radius 3 is 2.82 bits per heavy atom. The van der Waals surface area contributed by atoms with Crippen LogP contribution < -0.4 is 0 Å². The van der Waals surface area contributed by atoms with Crippen LogP contribution in [0.2, 0.25) is 0 Å². The summed E-state index contributed by atoms with van der Waals surface area (Å²) < 4.78 is 0. The van der Waals surface area contributed by atoms with Crippen molar-refractivity contribution in [3.05, 3.63) is 52.3 Å². The number of hydrogen-bond donors (Lipinski definition) is 2. The van der Waals surface area contributed by atoms with Crippen molar-refractivity contribution in [3.63, 3.8) is 0 Å². The molecule has 1 amide bonds. The Kier molecular flexibility index (Phi) is 3.66. The molecule has 1 aromatic carbocycles. The quantitative estimate of drug-likeness (QED) is 0.906. The van der Waals surface area contributed by atoms with Gasteiger partial charge in [0.1, 0.15) is 5.69 Å². The van der Waals surface area contributed by atoms with E-state index in [1.807, 2.05) is 13.0 Å². The zero-order valence-electron chi connectivity index (χ0n) is 12.3. The Morgan fingerprint density at radius 2 is 2.14 bits per heavy atom. The largest absolute Gasteiger partial charge is 0.478 e. The molecule has 0 bridgehead atoms. The van der Waals surface area contributed by atoms with Crippen molar-refractivity contribution in [1.29, 1.82) is 0 Å². The first-order valence-corrected chi connectivity index (χ1v) is 7.27. The van der Waals surface area contributed by atoms with Gasteiger partial charge in [-0.1, -0.05) is 13.0 Å². The lowest BCUT2D eigenvalue weighted by Gasteiger charge is -2.28. The molecule has 0 saturated carbocycles. The van der Waals surface area contributed by atoms with Crippen LogP contribution in [0.4, 0.5) is 0 Å². The van der Waals surface area contributed by atoms with Crippen molar-refractivity contribution in [2.24, 2.45) is 0 Å². The highest BCUT2D eigenvalue weighted by Crippen LogP contribution is 2.22. The van der Waals surface area contributed by atoms with Crippen molar-refractivity contribution >= 4 is 11.9 Å². The lowest BCUT2D eigenvalue weighted by molar-refractivity contribution is 0.0696. The number of H-pyrrole nitrogens is 1. The van der Waals surface area contributed by atoms with Gasteiger partial charge in [0.25, 0.3) is 5.91 Å². The van der Waals surface area contributed by atoms with Gasteiger partial charge in [-0.2, -0.15) is 5.10 Å². The molecule has 6 heteroatoms. The number of carboxylic acids is 1. The highest BCUT2D eigenvalue weighted by atomic mass is 16.4. The van der Waals surface area contributed by atoms with E-state index < -0.39 is 5.97 Å². The fraction of sp³-hybridized carbons (Fsp3) is 0.312. The normalized spacial score (nSPS) is 13.8. The van der Waals surface area contributed by atoms with Crippen molar-refractivity contribution in [3.8, 4) is 0 Å². The summed E-state index contributed by atoms with van der Waals surface area (Å²) in [5, 5.41) is 16.0. The van der Waals surface area contributed by atoms with Gasteiger partial charge < -0.3 is 10.0 Å². The molecule has 0 aliphatic carbocycles. The number of aromatic amines is 1. The molecule has 0 atom stereocenters. The number of aryl methyl sites for hydroxylation is 1. The third-order valence-electron chi connectivity index (χ3n) is 3.98. The summed E-state index contributed by atoms with van der Waals surface area (Å²) in [6.45, 7) is 3.03. The maximum Gasteiger partial charge on any atom is 0.335 e. The minimum Gasteiger partial charge on any atom is -0.478 e. The van der Waals surface area contributed by atoms with Crippen LogP contribution in [-0.4, -0.2) is 38.6 Å². The van der Waals surface area contributed by atoms with E-state index in [-0.39, 0.29) is 11.5 Å². The SMILES string of the molecule is CCc1cc(C(=O)N2CCc3ccc(C(=O)O)cc3C2)n[nH]1. The number of carboxylic acid groups (broad SMARTS) is 1. The van der Waals surface area contributed by atoms with Crippen LogP contribution in [0.1, 0.15) is 44.6 Å². The standard InChI is InChI=1S/C16H17N3O3/c1-2-13-8-14(18-17-13)15(20)19-6-5-10-3-4-11(16(21)22)7-12(10)9-19/h3-4,7-8H,2,5-6,9H2,1H3,(H,17,18)(H,21,22). The third kappa shape index (κ3) is 2.59. The topological polar surface area (TPSA) is 86.3 Å². The number of fused-ring (bicyclic) bond motifs is 1. The molecule has 0 saturated heterocycles. The molecule has 2 heterocycles. The minimum atomic E-state index is -0.953. The van der Waals surface area contributed by atoms with Gasteiger partial charge in [0, 0.05) is 18.8 Å². The summed E-state index contributed by atoms with van der Waals surface area (Å²) in [6.07, 6.45) is 1.52. The van der Waals surface area contributed by atoms with Crippen LogP contribution in [-0.2, 0) is 19.4 Å². The van der Waals surface area contributed by atoms with Crippen LogP contribution in [0.5, 0.6) is 0 Å². The van der Waals surface area contributed by atoms with E-state index in [1.54, 1.807) is 23.1 Å². The maximum atomic E-state index is 12.5. The van der Waals surface area contributed by atoms with E-state index in [0.29, 0.717) is 18.8 Å². The lowest BCUT2D eigenvalue weighted by atomic mass is 9.97. The number of carbonyl (C=O) groups excluding carboxylic acids is 1. The molecule has 0 unspecified atom stereocenters. The molecule has 0 spiro atoms. The van der Waals surface area contributed by atoms with Crippen LogP contribution in [0, 0.1) is 0 Å². The number of nitrogens with one attached hydrogen (secondary N) is 1. The highest BCUT2D eigenvalue weighted by Gasteiger charge is 2.24. The first kappa shape index (κ1) is 14.3. The lowest BCUT2D eigenvalue weighted by Crippen LogP contribution is -2.36. The number of benzene rings is 1. The van der Waals surface area contributed by atoms with Gasteiger partial charge in [-0.05, 0) is 42.2 Å². The van der Waals surface area contributed by atoms with Crippen molar-refractivity contribution < 1.29 is 14.7 Å². The molecule has 1 aliphatic heterocycles. The summed E-state index contributed by atoms with van der Waals surface area (Å²) >= 11 is 0. The minimum absolute atomic E-state index is 0.123. The Balaban J connectivity index is 1.82. The smallest absolute Gasteiger partial charge is 0.335 e. The van der Waals surface area contributed by atoms with E-state index in [2.05, 4.69) is 10.2 Å². The second kappa shape index (κ2) is 5.63. The predicted octanol–water partition coefficient (Wildman–Crippen LogP) is 1.87. The van der Waals surface area contributed by atoms with Crippen LogP contribution in [0.15, 0.2) is 24.3 Å². The van der Waals surface area contributed by atoms with E-state index in [0.717, 1.165) is 29.7 Å². The number of rotatable bonds is 3. The Morgan fingerprint density at radius 1 is 1.32 bits per heavy atom.